The molecule has 2 amide bonds. The second-order valence-corrected chi connectivity index (χ2v) is 7.15. The zero-order valence-corrected chi connectivity index (χ0v) is 14.0. The minimum atomic E-state index is -0.516. The van der Waals surface area contributed by atoms with Crippen molar-refractivity contribution >= 4 is 11.8 Å². The summed E-state index contributed by atoms with van der Waals surface area (Å²) in [6.45, 7) is 0. The van der Waals surface area contributed by atoms with Gasteiger partial charge in [0.1, 0.15) is 6.04 Å². The Kier molecular flexibility index (Phi) is 5.51. The van der Waals surface area contributed by atoms with Crippen LogP contribution in [-0.2, 0) is 16.0 Å². The first-order valence-electron chi connectivity index (χ1n) is 9.01. The molecule has 1 aromatic rings. The molecule has 0 spiro atoms. The molecule has 0 aliphatic heterocycles. The first kappa shape index (κ1) is 17.0. The highest BCUT2D eigenvalue weighted by molar-refractivity contribution is 5.88. The van der Waals surface area contributed by atoms with E-state index >= 15 is 0 Å². The Morgan fingerprint density at radius 3 is 2.50 bits per heavy atom. The van der Waals surface area contributed by atoms with E-state index in [1.54, 1.807) is 0 Å². The predicted molar refractivity (Wildman–Crippen MR) is 93.2 cm³/mol. The van der Waals surface area contributed by atoms with E-state index in [0.29, 0.717) is 12.8 Å². The molecule has 2 aliphatic rings. The highest BCUT2D eigenvalue weighted by Gasteiger charge is 2.30. The molecule has 2 fully saturated rings. The van der Waals surface area contributed by atoms with E-state index in [4.69, 9.17) is 5.73 Å². The lowest BCUT2D eigenvalue weighted by Crippen LogP contribution is -2.49. The summed E-state index contributed by atoms with van der Waals surface area (Å²) < 4.78 is 0. The Bertz CT molecular complexity index is 571. The molecule has 130 valence electrons. The summed E-state index contributed by atoms with van der Waals surface area (Å²) in [7, 11) is 0. The maximum absolute atomic E-state index is 12.5. The molecule has 3 rings (SSSR count). The third-order valence-corrected chi connectivity index (χ3v) is 5.02. The summed E-state index contributed by atoms with van der Waals surface area (Å²) in [5.74, 6) is 0.100. The van der Waals surface area contributed by atoms with Gasteiger partial charge in [0, 0.05) is 24.9 Å². The third-order valence-electron chi connectivity index (χ3n) is 5.02. The van der Waals surface area contributed by atoms with E-state index in [-0.39, 0.29) is 29.8 Å². The second-order valence-electron chi connectivity index (χ2n) is 7.15. The summed E-state index contributed by atoms with van der Waals surface area (Å²) in [6, 6.07) is 9.70. The molecule has 1 aromatic carbocycles. The second kappa shape index (κ2) is 7.79. The topological polar surface area (TPSA) is 84.2 Å². The van der Waals surface area contributed by atoms with E-state index in [0.717, 1.165) is 37.7 Å². The largest absolute Gasteiger partial charge is 0.352 e. The minimum Gasteiger partial charge on any atom is -0.352 e. The summed E-state index contributed by atoms with van der Waals surface area (Å²) in [4.78, 5) is 24.9. The molecule has 0 saturated heterocycles. The van der Waals surface area contributed by atoms with Crippen LogP contribution in [0.2, 0.25) is 0 Å². The number of nitrogens with one attached hydrogen (secondary N) is 2. The smallest absolute Gasteiger partial charge is 0.243 e. The molecule has 1 unspecified atom stereocenters. The van der Waals surface area contributed by atoms with Crippen LogP contribution >= 0.6 is 0 Å². The number of carbonyl (C=O) groups excluding carboxylic acids is 2. The van der Waals surface area contributed by atoms with Gasteiger partial charge in [0.05, 0.1) is 0 Å². The van der Waals surface area contributed by atoms with Crippen LogP contribution in [0.15, 0.2) is 30.3 Å². The molecule has 5 heteroatoms. The maximum atomic E-state index is 12.5. The molecule has 2 aliphatic carbocycles. The van der Waals surface area contributed by atoms with Crippen molar-refractivity contribution in [3.8, 4) is 0 Å². The standard InChI is InChI=1S/C19H27N3O2/c20-16-8-4-7-14(16)12-18(23)22-17(19(24)21-15-9-10-15)11-13-5-2-1-3-6-13/h1-3,5-6,14-17H,4,7-12,20H2,(H,21,24)(H,22,23)/t14-,16+,17?/m0/s1. The minimum absolute atomic E-state index is 0.0655. The lowest BCUT2D eigenvalue weighted by Gasteiger charge is -2.21. The molecule has 0 radical (unpaired) electrons. The molecular formula is C19H27N3O2. The number of carbonyl (C=O) groups is 2. The van der Waals surface area contributed by atoms with Crippen molar-refractivity contribution in [1.82, 2.24) is 10.6 Å². The van der Waals surface area contributed by atoms with Crippen molar-refractivity contribution in [3.05, 3.63) is 35.9 Å². The molecule has 4 N–H and O–H groups in total. The number of benzene rings is 1. The van der Waals surface area contributed by atoms with Crippen LogP contribution in [-0.4, -0.2) is 29.9 Å². The van der Waals surface area contributed by atoms with E-state index in [2.05, 4.69) is 10.6 Å². The van der Waals surface area contributed by atoms with Crippen LogP contribution in [0, 0.1) is 5.92 Å². The molecule has 2 saturated carbocycles. The normalized spacial score (nSPS) is 24.4. The summed E-state index contributed by atoms with van der Waals surface area (Å²) >= 11 is 0. The lowest BCUT2D eigenvalue weighted by molar-refractivity contribution is -0.129. The van der Waals surface area contributed by atoms with E-state index < -0.39 is 6.04 Å². The van der Waals surface area contributed by atoms with E-state index in [1.807, 2.05) is 30.3 Å². The fraction of sp³-hybridized carbons (Fsp3) is 0.579. The maximum Gasteiger partial charge on any atom is 0.243 e. The molecule has 0 heterocycles. The Morgan fingerprint density at radius 2 is 1.88 bits per heavy atom. The van der Waals surface area contributed by atoms with Crippen molar-refractivity contribution in [2.24, 2.45) is 11.7 Å². The van der Waals surface area contributed by atoms with Crippen molar-refractivity contribution in [1.29, 1.82) is 0 Å². The number of nitrogens with two attached hydrogens (primary N) is 1. The molecule has 0 aromatic heterocycles. The van der Waals surface area contributed by atoms with Crippen molar-refractivity contribution in [2.45, 2.75) is 63.1 Å². The predicted octanol–water partition coefficient (Wildman–Crippen LogP) is 1.51. The lowest BCUT2D eigenvalue weighted by atomic mass is 9.99. The first-order chi connectivity index (χ1) is 11.6. The fourth-order valence-corrected chi connectivity index (χ4v) is 3.40. The van der Waals surface area contributed by atoms with Gasteiger partial charge in [-0.05, 0) is 37.2 Å². The van der Waals surface area contributed by atoms with Gasteiger partial charge in [0.15, 0.2) is 0 Å². The van der Waals surface area contributed by atoms with Gasteiger partial charge in [0.2, 0.25) is 11.8 Å². The number of hydrogen-bond donors (Lipinski definition) is 3. The summed E-state index contributed by atoms with van der Waals surface area (Å²) in [6.07, 6.45) is 6.10. The molecule has 5 nitrogen and oxygen atoms in total. The summed E-state index contributed by atoms with van der Waals surface area (Å²) in [5, 5.41) is 5.94. The number of amides is 2. The third kappa shape index (κ3) is 4.81. The first-order valence-corrected chi connectivity index (χ1v) is 9.01. The van der Waals surface area contributed by atoms with Gasteiger partial charge < -0.3 is 16.4 Å². The van der Waals surface area contributed by atoms with Crippen LogP contribution in [0.3, 0.4) is 0 Å². The average Bonchev–Trinajstić information content (AvgIpc) is 3.29. The van der Waals surface area contributed by atoms with Crippen LogP contribution < -0.4 is 16.4 Å². The highest BCUT2D eigenvalue weighted by Crippen LogP contribution is 2.26. The quantitative estimate of drug-likeness (QED) is 0.709. The van der Waals surface area contributed by atoms with Gasteiger partial charge in [0.25, 0.3) is 0 Å². The average molecular weight is 329 g/mol. The monoisotopic (exact) mass is 329 g/mol. The van der Waals surface area contributed by atoms with E-state index in [1.165, 1.54) is 0 Å². The highest BCUT2D eigenvalue weighted by atomic mass is 16.2. The van der Waals surface area contributed by atoms with Gasteiger partial charge in [-0.1, -0.05) is 36.8 Å². The Balaban J connectivity index is 1.59. The Hall–Kier alpha value is -1.88. The zero-order chi connectivity index (χ0) is 16.9. The van der Waals surface area contributed by atoms with Crippen LogP contribution in [0.5, 0.6) is 0 Å². The van der Waals surface area contributed by atoms with Gasteiger partial charge in [-0.3, -0.25) is 9.59 Å². The molecule has 24 heavy (non-hydrogen) atoms. The molecule has 0 bridgehead atoms. The van der Waals surface area contributed by atoms with Crippen LogP contribution in [0.25, 0.3) is 0 Å². The van der Waals surface area contributed by atoms with Crippen molar-refractivity contribution in [2.75, 3.05) is 0 Å². The molecular weight excluding hydrogens is 302 g/mol. The van der Waals surface area contributed by atoms with Crippen LogP contribution in [0.1, 0.15) is 44.1 Å². The molecule has 3 atom stereocenters. The fourth-order valence-electron chi connectivity index (χ4n) is 3.40. The van der Waals surface area contributed by atoms with Gasteiger partial charge in [-0.25, -0.2) is 0 Å². The van der Waals surface area contributed by atoms with Crippen molar-refractivity contribution in [3.63, 3.8) is 0 Å². The SMILES string of the molecule is N[C@@H]1CCC[C@H]1CC(=O)NC(Cc1ccccc1)C(=O)NC1CC1. The van der Waals surface area contributed by atoms with Crippen molar-refractivity contribution < 1.29 is 9.59 Å². The Morgan fingerprint density at radius 1 is 1.12 bits per heavy atom. The number of hydrogen-bond acceptors (Lipinski definition) is 3. The van der Waals surface area contributed by atoms with Gasteiger partial charge >= 0.3 is 0 Å². The van der Waals surface area contributed by atoms with Gasteiger partial charge in [-0.15, -0.1) is 0 Å². The van der Waals surface area contributed by atoms with Gasteiger partial charge in [-0.2, -0.15) is 0 Å². The van der Waals surface area contributed by atoms with Crippen LogP contribution in [0.4, 0.5) is 0 Å². The Labute approximate surface area is 143 Å². The van der Waals surface area contributed by atoms with E-state index in [9.17, 15) is 9.59 Å². The number of rotatable bonds is 7. The summed E-state index contributed by atoms with van der Waals surface area (Å²) in [5.41, 5.74) is 7.10. The zero-order valence-electron chi connectivity index (χ0n) is 14.0.